The summed E-state index contributed by atoms with van der Waals surface area (Å²) < 4.78 is 0. The van der Waals surface area contributed by atoms with Crippen LogP contribution in [0.4, 0.5) is 0 Å². The van der Waals surface area contributed by atoms with Gasteiger partial charge < -0.3 is 15.5 Å². The molecule has 0 aromatic carbocycles. The molecule has 0 aromatic heterocycles. The standard InChI is InChI=1S/C17H33N3/c1-20(2)17(10-3-4-11-17)13-19-16-8-5-7-14(16)15-9-6-12-18-15/h14-16,18-19H,3-13H2,1-2H3. The van der Waals surface area contributed by atoms with E-state index in [1.54, 1.807) is 0 Å². The number of nitrogens with one attached hydrogen (secondary N) is 2. The van der Waals surface area contributed by atoms with Gasteiger partial charge in [-0.3, -0.25) is 0 Å². The van der Waals surface area contributed by atoms with Gasteiger partial charge in [0.05, 0.1) is 0 Å². The van der Waals surface area contributed by atoms with Crippen LogP contribution in [0.3, 0.4) is 0 Å². The molecule has 20 heavy (non-hydrogen) atoms. The fraction of sp³-hybridized carbons (Fsp3) is 1.00. The first-order valence-corrected chi connectivity index (χ1v) is 8.85. The highest BCUT2D eigenvalue weighted by Gasteiger charge is 2.39. The van der Waals surface area contributed by atoms with Crippen LogP contribution >= 0.6 is 0 Å². The SMILES string of the molecule is CN(C)C1(CNC2CCCC2C2CCCN2)CCCC1. The Morgan fingerprint density at radius 1 is 1.05 bits per heavy atom. The Morgan fingerprint density at radius 2 is 1.85 bits per heavy atom. The van der Waals surface area contributed by atoms with Crippen LogP contribution in [-0.2, 0) is 0 Å². The van der Waals surface area contributed by atoms with Crippen LogP contribution in [0, 0.1) is 5.92 Å². The fourth-order valence-corrected chi connectivity index (χ4v) is 4.94. The largest absolute Gasteiger partial charge is 0.314 e. The Kier molecular flexibility index (Phi) is 4.68. The topological polar surface area (TPSA) is 27.3 Å². The van der Waals surface area contributed by atoms with E-state index in [4.69, 9.17) is 0 Å². The molecule has 116 valence electrons. The molecule has 1 heterocycles. The summed E-state index contributed by atoms with van der Waals surface area (Å²) in [5.41, 5.74) is 0.441. The smallest absolute Gasteiger partial charge is 0.0327 e. The highest BCUT2D eigenvalue weighted by atomic mass is 15.2. The number of nitrogens with zero attached hydrogens (tertiary/aromatic N) is 1. The molecule has 1 saturated heterocycles. The van der Waals surface area contributed by atoms with Crippen LogP contribution in [-0.4, -0.2) is 49.7 Å². The monoisotopic (exact) mass is 279 g/mol. The molecule has 0 amide bonds. The molecule has 3 unspecified atom stereocenters. The van der Waals surface area contributed by atoms with Crippen molar-refractivity contribution in [3.05, 3.63) is 0 Å². The molecule has 2 aliphatic carbocycles. The number of rotatable bonds is 5. The molecule has 3 heteroatoms. The number of likely N-dealkylation sites (N-methyl/N-ethyl adjacent to an activating group) is 1. The maximum absolute atomic E-state index is 3.99. The van der Waals surface area contributed by atoms with Gasteiger partial charge in [0.1, 0.15) is 0 Å². The van der Waals surface area contributed by atoms with Gasteiger partial charge in [-0.1, -0.05) is 19.3 Å². The van der Waals surface area contributed by atoms with E-state index in [-0.39, 0.29) is 0 Å². The molecule has 3 nitrogen and oxygen atoms in total. The minimum Gasteiger partial charge on any atom is -0.314 e. The lowest BCUT2D eigenvalue weighted by Gasteiger charge is -2.39. The Labute approximate surface area is 124 Å². The lowest BCUT2D eigenvalue weighted by molar-refractivity contribution is 0.143. The summed E-state index contributed by atoms with van der Waals surface area (Å²) in [6.45, 7) is 2.45. The van der Waals surface area contributed by atoms with Gasteiger partial charge in [-0.15, -0.1) is 0 Å². The summed E-state index contributed by atoms with van der Waals surface area (Å²) in [6.07, 6.45) is 12.6. The predicted octanol–water partition coefficient (Wildman–Crippen LogP) is 2.37. The first-order valence-electron chi connectivity index (χ1n) is 8.85. The van der Waals surface area contributed by atoms with Crippen molar-refractivity contribution in [1.29, 1.82) is 0 Å². The lowest BCUT2D eigenvalue weighted by atomic mass is 9.91. The third-order valence-electron chi connectivity index (χ3n) is 6.36. The molecule has 0 aromatic rings. The van der Waals surface area contributed by atoms with E-state index in [9.17, 15) is 0 Å². The number of hydrogen-bond acceptors (Lipinski definition) is 3. The minimum atomic E-state index is 0.441. The average Bonchev–Trinajstić information content (AvgIpc) is 3.17. The van der Waals surface area contributed by atoms with E-state index in [0.29, 0.717) is 5.54 Å². The molecule has 2 saturated carbocycles. The second-order valence-corrected chi connectivity index (χ2v) is 7.61. The van der Waals surface area contributed by atoms with E-state index < -0.39 is 0 Å². The predicted molar refractivity (Wildman–Crippen MR) is 85.0 cm³/mol. The third kappa shape index (κ3) is 2.90. The molecule has 0 bridgehead atoms. The van der Waals surface area contributed by atoms with Crippen molar-refractivity contribution in [3.63, 3.8) is 0 Å². The number of hydrogen-bond donors (Lipinski definition) is 2. The second-order valence-electron chi connectivity index (χ2n) is 7.61. The Bertz CT molecular complexity index is 303. The molecular formula is C17H33N3. The van der Waals surface area contributed by atoms with Crippen LogP contribution < -0.4 is 10.6 Å². The first-order chi connectivity index (χ1) is 9.71. The normalized spacial score (nSPS) is 37.0. The van der Waals surface area contributed by atoms with Crippen LogP contribution in [0.15, 0.2) is 0 Å². The van der Waals surface area contributed by atoms with Crippen molar-refractivity contribution in [2.45, 2.75) is 75.4 Å². The molecule has 3 rings (SSSR count). The zero-order chi connectivity index (χ0) is 14.0. The summed E-state index contributed by atoms with van der Waals surface area (Å²) in [6, 6.07) is 1.57. The van der Waals surface area contributed by atoms with Crippen molar-refractivity contribution in [1.82, 2.24) is 15.5 Å². The zero-order valence-corrected chi connectivity index (χ0v) is 13.5. The zero-order valence-electron chi connectivity index (χ0n) is 13.5. The van der Waals surface area contributed by atoms with Gasteiger partial charge >= 0.3 is 0 Å². The van der Waals surface area contributed by atoms with Gasteiger partial charge in [-0.2, -0.15) is 0 Å². The summed E-state index contributed by atoms with van der Waals surface area (Å²) in [5.74, 6) is 0.887. The molecule has 2 N–H and O–H groups in total. The highest BCUT2D eigenvalue weighted by Crippen LogP contribution is 2.35. The van der Waals surface area contributed by atoms with Crippen LogP contribution in [0.1, 0.15) is 57.8 Å². The van der Waals surface area contributed by atoms with Crippen LogP contribution in [0.25, 0.3) is 0 Å². The van der Waals surface area contributed by atoms with Gasteiger partial charge in [0.25, 0.3) is 0 Å². The minimum absolute atomic E-state index is 0.441. The quantitative estimate of drug-likeness (QED) is 0.809. The van der Waals surface area contributed by atoms with Crippen molar-refractivity contribution in [3.8, 4) is 0 Å². The summed E-state index contributed by atoms with van der Waals surface area (Å²) >= 11 is 0. The first kappa shape index (κ1) is 14.8. The Balaban J connectivity index is 1.56. The average molecular weight is 279 g/mol. The summed E-state index contributed by atoms with van der Waals surface area (Å²) in [4.78, 5) is 2.49. The van der Waals surface area contributed by atoms with Gasteiger partial charge in [-0.05, 0) is 65.1 Å². The molecule has 0 radical (unpaired) electrons. The van der Waals surface area contributed by atoms with Crippen LogP contribution in [0.5, 0.6) is 0 Å². The van der Waals surface area contributed by atoms with E-state index in [0.717, 1.165) is 18.0 Å². The summed E-state index contributed by atoms with van der Waals surface area (Å²) in [7, 11) is 4.55. The van der Waals surface area contributed by atoms with Gasteiger partial charge in [0.2, 0.25) is 0 Å². The molecular weight excluding hydrogens is 246 g/mol. The van der Waals surface area contributed by atoms with Crippen molar-refractivity contribution in [2.75, 3.05) is 27.2 Å². The molecule has 1 aliphatic heterocycles. The van der Waals surface area contributed by atoms with Crippen LogP contribution in [0.2, 0.25) is 0 Å². The van der Waals surface area contributed by atoms with Crippen molar-refractivity contribution >= 4 is 0 Å². The van der Waals surface area contributed by atoms with E-state index in [2.05, 4.69) is 29.6 Å². The van der Waals surface area contributed by atoms with Gasteiger partial charge in [0.15, 0.2) is 0 Å². The fourth-order valence-electron chi connectivity index (χ4n) is 4.94. The lowest BCUT2D eigenvalue weighted by Crippen LogP contribution is -2.53. The van der Waals surface area contributed by atoms with E-state index in [1.165, 1.54) is 70.9 Å². The summed E-state index contributed by atoms with van der Waals surface area (Å²) in [5, 5.41) is 7.73. The Morgan fingerprint density at radius 3 is 2.50 bits per heavy atom. The maximum atomic E-state index is 3.99. The second kappa shape index (κ2) is 6.33. The third-order valence-corrected chi connectivity index (χ3v) is 6.36. The molecule has 0 spiro atoms. The molecule has 3 atom stereocenters. The van der Waals surface area contributed by atoms with Crippen molar-refractivity contribution in [2.24, 2.45) is 5.92 Å². The molecule has 3 aliphatic rings. The van der Waals surface area contributed by atoms with Crippen molar-refractivity contribution < 1.29 is 0 Å². The highest BCUT2D eigenvalue weighted by molar-refractivity contribution is 4.98. The van der Waals surface area contributed by atoms with Gasteiger partial charge in [-0.25, -0.2) is 0 Å². The maximum Gasteiger partial charge on any atom is 0.0327 e. The molecule has 3 fully saturated rings. The van der Waals surface area contributed by atoms with E-state index in [1.807, 2.05) is 0 Å². The Hall–Kier alpha value is -0.120. The van der Waals surface area contributed by atoms with E-state index >= 15 is 0 Å². The van der Waals surface area contributed by atoms with Gasteiger partial charge in [0, 0.05) is 24.2 Å².